The van der Waals surface area contributed by atoms with Crippen LogP contribution >= 0.6 is 0 Å². The molecular weight excluding hydrogens is 354 g/mol. The minimum atomic E-state index is -3.74. The van der Waals surface area contributed by atoms with E-state index in [0.717, 1.165) is 16.5 Å². The molecule has 6 nitrogen and oxygen atoms in total. The van der Waals surface area contributed by atoms with Crippen LogP contribution in [0.25, 0.3) is 10.8 Å². The number of ether oxygens (including phenoxy) is 3. The summed E-state index contributed by atoms with van der Waals surface area (Å²) in [6.45, 7) is 0. The molecule has 0 saturated heterocycles. The highest BCUT2D eigenvalue weighted by molar-refractivity contribution is 7.92. The molecule has 0 aromatic heterocycles. The summed E-state index contributed by atoms with van der Waals surface area (Å²) in [4.78, 5) is 0.171. The molecule has 0 unspecified atom stereocenters. The number of hydrogen-bond acceptors (Lipinski definition) is 5. The lowest BCUT2D eigenvalue weighted by molar-refractivity contribution is 0.355. The zero-order valence-electron chi connectivity index (χ0n) is 14.6. The molecule has 0 saturated carbocycles. The molecule has 0 atom stereocenters. The largest absolute Gasteiger partial charge is 0.497 e. The number of sulfonamides is 1. The SMILES string of the molecule is COc1ccc2cc(S(=O)(=O)Nc3ccc(OC)c(OC)c3)ccc2c1. The van der Waals surface area contributed by atoms with Gasteiger partial charge in [-0.25, -0.2) is 8.42 Å². The third-order valence-corrected chi connectivity index (χ3v) is 5.34. The van der Waals surface area contributed by atoms with Gasteiger partial charge in [-0.1, -0.05) is 12.1 Å². The predicted octanol–water partition coefficient (Wildman–Crippen LogP) is 3.67. The molecular formula is C19H19NO5S. The monoisotopic (exact) mass is 373 g/mol. The molecule has 3 aromatic rings. The van der Waals surface area contributed by atoms with Gasteiger partial charge in [0.05, 0.1) is 31.9 Å². The molecule has 1 N–H and O–H groups in total. The van der Waals surface area contributed by atoms with Crippen LogP contribution in [0.4, 0.5) is 5.69 Å². The van der Waals surface area contributed by atoms with Gasteiger partial charge in [0.15, 0.2) is 11.5 Å². The van der Waals surface area contributed by atoms with Crippen LogP contribution in [0.5, 0.6) is 17.2 Å². The van der Waals surface area contributed by atoms with Gasteiger partial charge in [-0.15, -0.1) is 0 Å². The first-order valence-corrected chi connectivity index (χ1v) is 9.28. The molecule has 7 heteroatoms. The third-order valence-electron chi connectivity index (χ3n) is 3.96. The predicted molar refractivity (Wildman–Crippen MR) is 101 cm³/mol. The second-order valence-electron chi connectivity index (χ2n) is 5.55. The van der Waals surface area contributed by atoms with Crippen LogP contribution in [0.15, 0.2) is 59.5 Å². The fraction of sp³-hybridized carbons (Fsp3) is 0.158. The number of nitrogens with one attached hydrogen (secondary N) is 1. The van der Waals surface area contributed by atoms with Crippen molar-refractivity contribution in [2.24, 2.45) is 0 Å². The van der Waals surface area contributed by atoms with E-state index in [-0.39, 0.29) is 4.90 Å². The molecule has 0 aliphatic carbocycles. The van der Waals surface area contributed by atoms with Crippen LogP contribution in [0.2, 0.25) is 0 Å². The van der Waals surface area contributed by atoms with Crippen molar-refractivity contribution in [2.75, 3.05) is 26.1 Å². The van der Waals surface area contributed by atoms with E-state index in [1.165, 1.54) is 14.2 Å². The minimum Gasteiger partial charge on any atom is -0.497 e. The Kier molecular flexibility index (Phi) is 4.90. The average Bonchev–Trinajstić information content (AvgIpc) is 2.66. The normalized spacial score (nSPS) is 11.2. The number of anilines is 1. The summed E-state index contributed by atoms with van der Waals surface area (Å²) < 4.78 is 43.5. The topological polar surface area (TPSA) is 73.9 Å². The molecule has 0 fully saturated rings. The summed E-state index contributed by atoms with van der Waals surface area (Å²) >= 11 is 0. The Labute approximate surface area is 152 Å². The standard InChI is InChI=1S/C19H19NO5S/c1-23-16-7-4-14-11-17(8-5-13(14)10-16)26(21,22)20-15-6-9-18(24-2)19(12-15)25-3/h4-12,20H,1-3H3. The van der Waals surface area contributed by atoms with Gasteiger partial charge >= 0.3 is 0 Å². The van der Waals surface area contributed by atoms with Gasteiger partial charge in [-0.05, 0) is 47.2 Å². The summed E-state index contributed by atoms with van der Waals surface area (Å²) in [7, 11) is 0.861. The van der Waals surface area contributed by atoms with E-state index in [9.17, 15) is 8.42 Å². The molecule has 0 radical (unpaired) electrons. The van der Waals surface area contributed by atoms with Gasteiger partial charge < -0.3 is 14.2 Å². The smallest absolute Gasteiger partial charge is 0.261 e. The molecule has 0 aliphatic rings. The van der Waals surface area contributed by atoms with E-state index in [0.29, 0.717) is 17.2 Å². The van der Waals surface area contributed by atoms with Crippen molar-refractivity contribution in [1.82, 2.24) is 0 Å². The van der Waals surface area contributed by atoms with Crippen LogP contribution in [0.1, 0.15) is 0 Å². The van der Waals surface area contributed by atoms with Crippen LogP contribution in [0.3, 0.4) is 0 Å². The highest BCUT2D eigenvalue weighted by Crippen LogP contribution is 2.31. The number of benzene rings is 3. The van der Waals surface area contributed by atoms with Crippen molar-refractivity contribution in [3.8, 4) is 17.2 Å². The van der Waals surface area contributed by atoms with Crippen LogP contribution in [-0.4, -0.2) is 29.7 Å². The van der Waals surface area contributed by atoms with Gasteiger partial charge in [0, 0.05) is 6.07 Å². The Morgan fingerprint density at radius 3 is 2.12 bits per heavy atom. The number of hydrogen-bond donors (Lipinski definition) is 1. The highest BCUT2D eigenvalue weighted by atomic mass is 32.2. The maximum absolute atomic E-state index is 12.7. The molecule has 0 spiro atoms. The molecule has 136 valence electrons. The van der Waals surface area contributed by atoms with Crippen molar-refractivity contribution in [2.45, 2.75) is 4.90 Å². The van der Waals surface area contributed by atoms with E-state index >= 15 is 0 Å². The lowest BCUT2D eigenvalue weighted by atomic mass is 10.1. The van der Waals surface area contributed by atoms with E-state index in [4.69, 9.17) is 14.2 Å². The lowest BCUT2D eigenvalue weighted by Crippen LogP contribution is -2.13. The first-order valence-electron chi connectivity index (χ1n) is 7.79. The summed E-state index contributed by atoms with van der Waals surface area (Å²) in [6.07, 6.45) is 0. The van der Waals surface area contributed by atoms with E-state index in [1.807, 2.05) is 12.1 Å². The summed E-state index contributed by atoms with van der Waals surface area (Å²) in [6, 6.07) is 15.2. The van der Waals surface area contributed by atoms with Crippen LogP contribution in [-0.2, 0) is 10.0 Å². The summed E-state index contributed by atoms with van der Waals surface area (Å²) in [5, 5.41) is 1.70. The van der Waals surface area contributed by atoms with Gasteiger partial charge in [0.2, 0.25) is 0 Å². The van der Waals surface area contributed by atoms with Crippen molar-refractivity contribution in [3.05, 3.63) is 54.6 Å². The molecule has 0 heterocycles. The first-order chi connectivity index (χ1) is 12.5. The molecule has 26 heavy (non-hydrogen) atoms. The van der Waals surface area contributed by atoms with Gasteiger partial charge in [-0.3, -0.25) is 4.72 Å². The molecule has 3 rings (SSSR count). The van der Waals surface area contributed by atoms with Crippen LogP contribution in [0, 0.1) is 0 Å². The van der Waals surface area contributed by atoms with Crippen molar-refractivity contribution < 1.29 is 22.6 Å². The quantitative estimate of drug-likeness (QED) is 0.714. The first kappa shape index (κ1) is 17.9. The fourth-order valence-electron chi connectivity index (χ4n) is 2.61. The van der Waals surface area contributed by atoms with Crippen LogP contribution < -0.4 is 18.9 Å². The van der Waals surface area contributed by atoms with Crippen molar-refractivity contribution >= 4 is 26.5 Å². The summed E-state index contributed by atoms with van der Waals surface area (Å²) in [5.41, 5.74) is 0.387. The zero-order chi connectivity index (χ0) is 18.7. The minimum absolute atomic E-state index is 0.171. The molecule has 0 aliphatic heterocycles. The Hall–Kier alpha value is -2.93. The molecule has 0 bridgehead atoms. The van der Waals surface area contributed by atoms with Gasteiger partial charge in [0.1, 0.15) is 5.75 Å². The second-order valence-corrected chi connectivity index (χ2v) is 7.23. The van der Waals surface area contributed by atoms with E-state index < -0.39 is 10.0 Å². The lowest BCUT2D eigenvalue weighted by Gasteiger charge is -2.12. The van der Waals surface area contributed by atoms with E-state index in [2.05, 4.69) is 4.72 Å². The van der Waals surface area contributed by atoms with Gasteiger partial charge in [-0.2, -0.15) is 0 Å². The zero-order valence-corrected chi connectivity index (χ0v) is 15.5. The Balaban J connectivity index is 1.94. The fourth-order valence-corrected chi connectivity index (χ4v) is 3.69. The van der Waals surface area contributed by atoms with Crippen molar-refractivity contribution in [3.63, 3.8) is 0 Å². The Bertz CT molecular complexity index is 1050. The number of methoxy groups -OCH3 is 3. The van der Waals surface area contributed by atoms with E-state index in [1.54, 1.807) is 49.6 Å². The number of rotatable bonds is 6. The number of fused-ring (bicyclic) bond motifs is 1. The molecule has 0 amide bonds. The van der Waals surface area contributed by atoms with Gasteiger partial charge in [0.25, 0.3) is 10.0 Å². The Morgan fingerprint density at radius 2 is 1.42 bits per heavy atom. The Morgan fingerprint density at radius 1 is 0.731 bits per heavy atom. The average molecular weight is 373 g/mol. The highest BCUT2D eigenvalue weighted by Gasteiger charge is 2.16. The molecule has 3 aromatic carbocycles. The third kappa shape index (κ3) is 3.52. The second kappa shape index (κ2) is 7.13. The van der Waals surface area contributed by atoms with Crippen molar-refractivity contribution in [1.29, 1.82) is 0 Å². The maximum atomic E-state index is 12.7. The maximum Gasteiger partial charge on any atom is 0.261 e. The summed E-state index contributed by atoms with van der Waals surface area (Å²) in [5.74, 6) is 1.69.